The number of thioether (sulfide) groups is 1. The van der Waals surface area contributed by atoms with Crippen molar-refractivity contribution >= 4 is 17.6 Å². The van der Waals surface area contributed by atoms with Gasteiger partial charge in [-0.3, -0.25) is 0 Å². The van der Waals surface area contributed by atoms with Gasteiger partial charge in [0, 0.05) is 17.9 Å². The number of nitrogens with zero attached hydrogens (tertiary/aromatic N) is 2. The molecule has 1 aliphatic rings. The molecule has 1 saturated carbocycles. The molecule has 1 heterocycles. The molecule has 1 aliphatic carbocycles. The van der Waals surface area contributed by atoms with Crippen molar-refractivity contribution < 1.29 is 0 Å². The topological polar surface area (TPSA) is 37.8 Å². The van der Waals surface area contributed by atoms with Crippen LogP contribution in [0, 0.1) is 5.92 Å². The van der Waals surface area contributed by atoms with E-state index in [2.05, 4.69) is 35.2 Å². The zero-order valence-electron chi connectivity index (χ0n) is 10.6. The maximum absolute atomic E-state index is 4.35. The molecule has 0 aliphatic heterocycles. The fourth-order valence-corrected chi connectivity index (χ4v) is 3.68. The maximum Gasteiger partial charge on any atom is 0.130 e. The van der Waals surface area contributed by atoms with Gasteiger partial charge in [0.1, 0.15) is 17.2 Å². The zero-order chi connectivity index (χ0) is 12.1. The Morgan fingerprint density at radius 1 is 1.41 bits per heavy atom. The van der Waals surface area contributed by atoms with Crippen molar-refractivity contribution in [3.05, 3.63) is 12.4 Å². The Hall–Kier alpha value is -0.770. The van der Waals surface area contributed by atoms with Crippen molar-refractivity contribution in [2.24, 2.45) is 5.92 Å². The summed E-state index contributed by atoms with van der Waals surface area (Å²) in [4.78, 5) is 8.55. The molecule has 1 fully saturated rings. The second kappa shape index (κ2) is 6.24. The Bertz CT molecular complexity index is 356. The predicted molar refractivity (Wildman–Crippen MR) is 73.5 cm³/mol. The van der Waals surface area contributed by atoms with Crippen LogP contribution < -0.4 is 5.32 Å². The SMILES string of the molecule is CCNc1cc(SC2CCCC(C)C2)ncn1. The Balaban J connectivity index is 1.95. The molecule has 0 aromatic carbocycles. The number of rotatable bonds is 4. The van der Waals surface area contributed by atoms with Crippen LogP contribution in [-0.4, -0.2) is 21.8 Å². The van der Waals surface area contributed by atoms with Crippen LogP contribution in [0.25, 0.3) is 0 Å². The van der Waals surface area contributed by atoms with Gasteiger partial charge in [0.25, 0.3) is 0 Å². The largest absolute Gasteiger partial charge is 0.370 e. The van der Waals surface area contributed by atoms with E-state index in [0.717, 1.165) is 28.6 Å². The van der Waals surface area contributed by atoms with Gasteiger partial charge in [0.05, 0.1) is 0 Å². The lowest BCUT2D eigenvalue weighted by Crippen LogP contribution is -2.15. The molecule has 0 bridgehead atoms. The van der Waals surface area contributed by atoms with Crippen molar-refractivity contribution in [1.82, 2.24) is 9.97 Å². The van der Waals surface area contributed by atoms with Gasteiger partial charge < -0.3 is 5.32 Å². The summed E-state index contributed by atoms with van der Waals surface area (Å²) < 4.78 is 0. The first-order valence-corrected chi connectivity index (χ1v) is 7.38. The zero-order valence-corrected chi connectivity index (χ0v) is 11.5. The van der Waals surface area contributed by atoms with Crippen molar-refractivity contribution in [2.75, 3.05) is 11.9 Å². The molecule has 17 heavy (non-hydrogen) atoms. The second-order valence-electron chi connectivity index (χ2n) is 4.78. The highest BCUT2D eigenvalue weighted by molar-refractivity contribution is 7.99. The van der Waals surface area contributed by atoms with Crippen molar-refractivity contribution in [3.63, 3.8) is 0 Å². The van der Waals surface area contributed by atoms with Crippen LogP contribution in [-0.2, 0) is 0 Å². The number of aromatic nitrogens is 2. The van der Waals surface area contributed by atoms with Crippen molar-refractivity contribution in [1.29, 1.82) is 0 Å². The molecule has 3 nitrogen and oxygen atoms in total. The molecular weight excluding hydrogens is 230 g/mol. The van der Waals surface area contributed by atoms with E-state index in [1.54, 1.807) is 6.33 Å². The van der Waals surface area contributed by atoms with Crippen LogP contribution in [0.3, 0.4) is 0 Å². The average Bonchev–Trinajstić information content (AvgIpc) is 2.30. The number of nitrogens with one attached hydrogen (secondary N) is 1. The molecule has 2 unspecified atom stereocenters. The van der Waals surface area contributed by atoms with Gasteiger partial charge in [0.15, 0.2) is 0 Å². The summed E-state index contributed by atoms with van der Waals surface area (Å²) in [6.07, 6.45) is 7.07. The minimum Gasteiger partial charge on any atom is -0.370 e. The lowest BCUT2D eigenvalue weighted by molar-refractivity contribution is 0.394. The third-order valence-corrected chi connectivity index (χ3v) is 4.40. The Morgan fingerprint density at radius 2 is 2.29 bits per heavy atom. The van der Waals surface area contributed by atoms with Gasteiger partial charge in [-0.15, -0.1) is 11.8 Å². The summed E-state index contributed by atoms with van der Waals surface area (Å²) in [6.45, 7) is 5.34. The normalized spacial score (nSPS) is 24.6. The van der Waals surface area contributed by atoms with Gasteiger partial charge in [-0.2, -0.15) is 0 Å². The summed E-state index contributed by atoms with van der Waals surface area (Å²) in [6, 6.07) is 2.06. The first-order valence-electron chi connectivity index (χ1n) is 6.50. The van der Waals surface area contributed by atoms with E-state index in [9.17, 15) is 0 Å². The van der Waals surface area contributed by atoms with E-state index in [-0.39, 0.29) is 0 Å². The average molecular weight is 251 g/mol. The van der Waals surface area contributed by atoms with Gasteiger partial charge >= 0.3 is 0 Å². The lowest BCUT2D eigenvalue weighted by atomic mass is 9.91. The minimum atomic E-state index is 0.739. The third-order valence-electron chi connectivity index (χ3n) is 3.18. The van der Waals surface area contributed by atoms with E-state index in [0.29, 0.717) is 0 Å². The fourth-order valence-electron chi connectivity index (χ4n) is 2.34. The molecule has 1 aromatic rings. The highest BCUT2D eigenvalue weighted by Gasteiger charge is 2.20. The first kappa shape index (κ1) is 12.7. The van der Waals surface area contributed by atoms with Gasteiger partial charge in [0.2, 0.25) is 0 Å². The maximum atomic E-state index is 4.35. The summed E-state index contributed by atoms with van der Waals surface area (Å²) in [5, 5.41) is 5.08. The molecule has 0 amide bonds. The lowest BCUT2D eigenvalue weighted by Gasteiger charge is -2.25. The van der Waals surface area contributed by atoms with Crippen LogP contribution in [0.1, 0.15) is 39.5 Å². The first-order chi connectivity index (χ1) is 8.28. The van der Waals surface area contributed by atoms with Crippen LogP contribution in [0.5, 0.6) is 0 Å². The number of hydrogen-bond donors (Lipinski definition) is 1. The highest BCUT2D eigenvalue weighted by Crippen LogP contribution is 2.35. The molecule has 94 valence electrons. The monoisotopic (exact) mass is 251 g/mol. The number of anilines is 1. The molecule has 4 heteroatoms. The predicted octanol–water partition coefficient (Wildman–Crippen LogP) is 3.58. The van der Waals surface area contributed by atoms with Gasteiger partial charge in [-0.1, -0.05) is 19.8 Å². The highest BCUT2D eigenvalue weighted by atomic mass is 32.2. The molecule has 2 rings (SSSR count). The number of hydrogen-bond acceptors (Lipinski definition) is 4. The van der Waals surface area contributed by atoms with Crippen LogP contribution in [0.4, 0.5) is 5.82 Å². The van der Waals surface area contributed by atoms with Crippen LogP contribution >= 0.6 is 11.8 Å². The van der Waals surface area contributed by atoms with E-state index in [4.69, 9.17) is 0 Å². The van der Waals surface area contributed by atoms with Gasteiger partial charge in [-0.05, 0) is 25.7 Å². The van der Waals surface area contributed by atoms with Crippen LogP contribution in [0.15, 0.2) is 17.4 Å². The van der Waals surface area contributed by atoms with E-state index in [1.165, 1.54) is 25.7 Å². The van der Waals surface area contributed by atoms with Gasteiger partial charge in [-0.25, -0.2) is 9.97 Å². The summed E-state index contributed by atoms with van der Waals surface area (Å²) in [5.41, 5.74) is 0. The van der Waals surface area contributed by atoms with E-state index >= 15 is 0 Å². The molecule has 1 N–H and O–H groups in total. The molecule has 0 radical (unpaired) electrons. The summed E-state index contributed by atoms with van der Waals surface area (Å²) in [5.74, 6) is 1.81. The smallest absolute Gasteiger partial charge is 0.130 e. The minimum absolute atomic E-state index is 0.739. The molecular formula is C13H21N3S. The van der Waals surface area contributed by atoms with E-state index in [1.807, 2.05) is 11.8 Å². The Labute approximate surface area is 108 Å². The van der Waals surface area contributed by atoms with Crippen LogP contribution in [0.2, 0.25) is 0 Å². The quantitative estimate of drug-likeness (QED) is 0.830. The van der Waals surface area contributed by atoms with Crippen molar-refractivity contribution in [3.8, 4) is 0 Å². The molecule has 1 aromatic heterocycles. The summed E-state index contributed by atoms with van der Waals surface area (Å²) >= 11 is 1.92. The molecule has 2 atom stereocenters. The molecule has 0 spiro atoms. The Morgan fingerprint density at radius 3 is 3.06 bits per heavy atom. The third kappa shape index (κ3) is 3.87. The summed E-state index contributed by atoms with van der Waals surface area (Å²) in [7, 11) is 0. The van der Waals surface area contributed by atoms with Crippen molar-refractivity contribution in [2.45, 2.75) is 49.8 Å². The fraction of sp³-hybridized carbons (Fsp3) is 0.692. The Kier molecular flexibility index (Phi) is 4.66. The molecule has 0 saturated heterocycles. The standard InChI is InChI=1S/C13H21N3S/c1-3-14-12-8-13(16-9-15-12)17-11-6-4-5-10(2)7-11/h8-11H,3-7H2,1-2H3,(H,14,15,16). The second-order valence-corrected chi connectivity index (χ2v) is 6.10. The van der Waals surface area contributed by atoms with E-state index < -0.39 is 0 Å².